The molecule has 0 saturated heterocycles. The molecule has 2 aromatic rings. The van der Waals surface area contributed by atoms with Crippen LogP contribution in [0.5, 0.6) is 5.75 Å². The number of rotatable bonds is 6. The van der Waals surface area contributed by atoms with Gasteiger partial charge < -0.3 is 10.5 Å². The lowest BCUT2D eigenvalue weighted by atomic mass is 9.92. The molecule has 0 aromatic heterocycles. The molecule has 2 heteroatoms. The first-order valence-electron chi connectivity index (χ1n) is 7.68. The zero-order valence-corrected chi connectivity index (χ0v) is 13.2. The van der Waals surface area contributed by atoms with Crippen molar-refractivity contribution in [3.63, 3.8) is 0 Å². The van der Waals surface area contributed by atoms with E-state index in [0.717, 1.165) is 30.6 Å². The molecule has 2 rings (SSSR count). The average Bonchev–Trinajstić information content (AvgIpc) is 2.54. The van der Waals surface area contributed by atoms with Crippen LogP contribution >= 0.6 is 0 Å². The highest BCUT2D eigenvalue weighted by Crippen LogP contribution is 2.26. The normalized spacial score (nSPS) is 12.2. The zero-order valence-electron chi connectivity index (χ0n) is 13.2. The van der Waals surface area contributed by atoms with E-state index in [0.29, 0.717) is 0 Å². The van der Waals surface area contributed by atoms with Gasteiger partial charge in [0.2, 0.25) is 0 Å². The summed E-state index contributed by atoms with van der Waals surface area (Å²) in [5.74, 6) is 0.914. The molecule has 21 heavy (non-hydrogen) atoms. The predicted octanol–water partition coefficient (Wildman–Crippen LogP) is 4.06. The third-order valence-corrected chi connectivity index (χ3v) is 4.03. The molecule has 0 amide bonds. The van der Waals surface area contributed by atoms with Gasteiger partial charge in [-0.3, -0.25) is 0 Å². The van der Waals surface area contributed by atoms with Crippen molar-refractivity contribution in [2.75, 3.05) is 7.11 Å². The minimum Gasteiger partial charge on any atom is -0.496 e. The van der Waals surface area contributed by atoms with Gasteiger partial charge in [-0.2, -0.15) is 0 Å². The Labute approximate surface area is 127 Å². The van der Waals surface area contributed by atoms with Gasteiger partial charge in [0.25, 0.3) is 0 Å². The molecule has 1 atom stereocenters. The molecular formula is C19H25NO. The summed E-state index contributed by atoms with van der Waals surface area (Å²) in [6, 6.07) is 14.8. The van der Waals surface area contributed by atoms with Crippen molar-refractivity contribution in [2.45, 2.75) is 39.2 Å². The lowest BCUT2D eigenvalue weighted by Gasteiger charge is -2.18. The summed E-state index contributed by atoms with van der Waals surface area (Å²) in [7, 11) is 1.71. The van der Waals surface area contributed by atoms with E-state index < -0.39 is 0 Å². The molecule has 1 unspecified atom stereocenters. The summed E-state index contributed by atoms with van der Waals surface area (Å²) in [5, 5.41) is 0. The summed E-state index contributed by atoms with van der Waals surface area (Å²) in [6.45, 7) is 4.36. The van der Waals surface area contributed by atoms with Crippen molar-refractivity contribution < 1.29 is 4.74 Å². The predicted molar refractivity (Wildman–Crippen MR) is 88.8 cm³/mol. The monoisotopic (exact) mass is 283 g/mol. The van der Waals surface area contributed by atoms with E-state index in [1.54, 1.807) is 7.11 Å². The Morgan fingerprint density at radius 2 is 1.76 bits per heavy atom. The highest BCUT2D eigenvalue weighted by molar-refractivity contribution is 5.38. The number of para-hydroxylation sites is 1. The second-order valence-corrected chi connectivity index (χ2v) is 5.36. The smallest absolute Gasteiger partial charge is 0.122 e. The lowest BCUT2D eigenvalue weighted by Crippen LogP contribution is -2.16. The summed E-state index contributed by atoms with van der Waals surface area (Å²) < 4.78 is 5.43. The number of nitrogens with two attached hydrogens (primary N) is 1. The van der Waals surface area contributed by atoms with Crippen LogP contribution in [0.4, 0.5) is 0 Å². The van der Waals surface area contributed by atoms with Crippen molar-refractivity contribution in [2.24, 2.45) is 5.73 Å². The number of ether oxygens (including phenoxy) is 1. The minimum absolute atomic E-state index is 0.00255. The van der Waals surface area contributed by atoms with E-state index in [1.165, 1.54) is 16.7 Å². The van der Waals surface area contributed by atoms with Gasteiger partial charge in [-0.1, -0.05) is 50.2 Å². The number of benzene rings is 2. The molecule has 2 N–H and O–H groups in total. The van der Waals surface area contributed by atoms with E-state index in [2.05, 4.69) is 38.1 Å². The van der Waals surface area contributed by atoms with Crippen molar-refractivity contribution in [3.8, 4) is 5.75 Å². The fourth-order valence-electron chi connectivity index (χ4n) is 2.75. The Kier molecular flexibility index (Phi) is 5.40. The summed E-state index contributed by atoms with van der Waals surface area (Å²) >= 11 is 0. The standard InChI is InChI=1S/C19H25NO/c1-4-14-10-11-15(5-2)17(12-14)18(20)13-16-8-6-7-9-19(16)21-3/h6-12,18H,4-5,13,20H2,1-3H3. The van der Waals surface area contributed by atoms with Crippen LogP contribution in [0.2, 0.25) is 0 Å². The molecule has 112 valence electrons. The molecule has 2 aromatic carbocycles. The summed E-state index contributed by atoms with van der Waals surface area (Å²) in [5.41, 5.74) is 11.6. The van der Waals surface area contributed by atoms with Crippen LogP contribution in [0.25, 0.3) is 0 Å². The van der Waals surface area contributed by atoms with Gasteiger partial charge in [-0.15, -0.1) is 0 Å². The summed E-state index contributed by atoms with van der Waals surface area (Å²) in [4.78, 5) is 0. The Morgan fingerprint density at radius 3 is 2.43 bits per heavy atom. The van der Waals surface area contributed by atoms with Gasteiger partial charge in [0.1, 0.15) is 5.75 Å². The first kappa shape index (κ1) is 15.6. The van der Waals surface area contributed by atoms with E-state index in [4.69, 9.17) is 10.5 Å². The maximum Gasteiger partial charge on any atom is 0.122 e. The van der Waals surface area contributed by atoms with Crippen LogP contribution < -0.4 is 10.5 Å². The average molecular weight is 283 g/mol. The first-order valence-corrected chi connectivity index (χ1v) is 7.68. The minimum atomic E-state index is 0.00255. The van der Waals surface area contributed by atoms with Gasteiger partial charge in [0, 0.05) is 6.04 Å². The third-order valence-electron chi connectivity index (χ3n) is 4.03. The fourth-order valence-corrected chi connectivity index (χ4v) is 2.75. The number of hydrogen-bond donors (Lipinski definition) is 1. The summed E-state index contributed by atoms with van der Waals surface area (Å²) in [6.07, 6.45) is 2.85. The van der Waals surface area contributed by atoms with Crippen molar-refractivity contribution in [1.29, 1.82) is 0 Å². The van der Waals surface area contributed by atoms with Crippen LogP contribution in [0, 0.1) is 0 Å². The molecule has 0 aliphatic carbocycles. The Morgan fingerprint density at radius 1 is 1.00 bits per heavy atom. The zero-order chi connectivity index (χ0) is 15.2. The highest BCUT2D eigenvalue weighted by atomic mass is 16.5. The maximum absolute atomic E-state index is 6.50. The molecule has 0 heterocycles. The van der Waals surface area contributed by atoms with Crippen LogP contribution in [-0.2, 0) is 19.3 Å². The maximum atomic E-state index is 6.50. The second kappa shape index (κ2) is 7.28. The molecular weight excluding hydrogens is 258 g/mol. The number of methoxy groups -OCH3 is 1. The molecule has 0 spiro atoms. The Balaban J connectivity index is 2.29. The van der Waals surface area contributed by atoms with E-state index in [-0.39, 0.29) is 6.04 Å². The first-order chi connectivity index (χ1) is 10.2. The quantitative estimate of drug-likeness (QED) is 0.867. The molecule has 0 fully saturated rings. The van der Waals surface area contributed by atoms with Crippen LogP contribution in [0.1, 0.15) is 42.1 Å². The SMILES string of the molecule is CCc1ccc(CC)c(C(N)Cc2ccccc2OC)c1. The van der Waals surface area contributed by atoms with Gasteiger partial charge in [0.05, 0.1) is 7.11 Å². The van der Waals surface area contributed by atoms with Crippen molar-refractivity contribution in [3.05, 3.63) is 64.7 Å². The molecule has 0 saturated carbocycles. The number of aryl methyl sites for hydroxylation is 2. The van der Waals surface area contributed by atoms with E-state index in [9.17, 15) is 0 Å². The van der Waals surface area contributed by atoms with Crippen LogP contribution in [0.3, 0.4) is 0 Å². The third kappa shape index (κ3) is 3.64. The van der Waals surface area contributed by atoms with Gasteiger partial charge >= 0.3 is 0 Å². The Hall–Kier alpha value is -1.80. The highest BCUT2D eigenvalue weighted by Gasteiger charge is 2.14. The van der Waals surface area contributed by atoms with E-state index >= 15 is 0 Å². The van der Waals surface area contributed by atoms with Crippen LogP contribution in [0.15, 0.2) is 42.5 Å². The largest absolute Gasteiger partial charge is 0.496 e. The van der Waals surface area contributed by atoms with Gasteiger partial charge in [-0.05, 0) is 47.6 Å². The van der Waals surface area contributed by atoms with Crippen molar-refractivity contribution >= 4 is 0 Å². The van der Waals surface area contributed by atoms with Gasteiger partial charge in [0.15, 0.2) is 0 Å². The number of hydrogen-bond acceptors (Lipinski definition) is 2. The fraction of sp³-hybridized carbons (Fsp3) is 0.368. The second-order valence-electron chi connectivity index (χ2n) is 5.36. The molecule has 2 nitrogen and oxygen atoms in total. The topological polar surface area (TPSA) is 35.2 Å². The lowest BCUT2D eigenvalue weighted by molar-refractivity contribution is 0.408. The molecule has 0 aliphatic heterocycles. The molecule has 0 radical (unpaired) electrons. The molecule has 0 aliphatic rings. The van der Waals surface area contributed by atoms with Gasteiger partial charge in [-0.25, -0.2) is 0 Å². The Bertz CT molecular complexity index is 592. The molecule has 0 bridgehead atoms. The van der Waals surface area contributed by atoms with Crippen molar-refractivity contribution in [1.82, 2.24) is 0 Å². The van der Waals surface area contributed by atoms with Crippen LogP contribution in [-0.4, -0.2) is 7.11 Å². The van der Waals surface area contributed by atoms with E-state index in [1.807, 2.05) is 18.2 Å².